The van der Waals surface area contributed by atoms with Crippen molar-refractivity contribution in [2.45, 2.75) is 26.2 Å². The van der Waals surface area contributed by atoms with Gasteiger partial charge in [-0.15, -0.1) is 11.3 Å². The van der Waals surface area contributed by atoms with E-state index in [-0.39, 0.29) is 17.6 Å². The van der Waals surface area contributed by atoms with E-state index in [1.54, 1.807) is 47.3 Å². The molecular formula is C30H25Cl2N3O3S. The van der Waals surface area contributed by atoms with Crippen LogP contribution in [-0.4, -0.2) is 26.7 Å². The van der Waals surface area contributed by atoms with Crippen LogP contribution in [0.25, 0.3) is 20.7 Å². The zero-order valence-electron chi connectivity index (χ0n) is 21.5. The van der Waals surface area contributed by atoms with Gasteiger partial charge in [-0.25, -0.2) is 4.90 Å². The lowest BCUT2D eigenvalue weighted by molar-refractivity contribution is -0.127. The van der Waals surface area contributed by atoms with Crippen molar-refractivity contribution < 1.29 is 14.7 Å². The number of hydrogen-bond acceptors (Lipinski definition) is 5. The third-order valence-electron chi connectivity index (χ3n) is 8.17. The van der Waals surface area contributed by atoms with Crippen molar-refractivity contribution in [3.05, 3.63) is 87.9 Å². The quantitative estimate of drug-likeness (QED) is 0.256. The number of phenolic OH excluding ortho intramolecular Hbond substituents is 1. The van der Waals surface area contributed by atoms with Crippen molar-refractivity contribution in [2.75, 3.05) is 4.90 Å². The Labute approximate surface area is 239 Å². The van der Waals surface area contributed by atoms with E-state index in [1.807, 2.05) is 38.1 Å². The van der Waals surface area contributed by atoms with Gasteiger partial charge in [-0.2, -0.15) is 5.10 Å². The molecule has 2 aromatic heterocycles. The summed E-state index contributed by atoms with van der Waals surface area (Å²) in [5, 5.41) is 16.7. The minimum absolute atomic E-state index is 0.0297. The number of halogens is 2. The first-order chi connectivity index (χ1) is 18.6. The highest BCUT2D eigenvalue weighted by molar-refractivity contribution is 7.22. The number of fused-ring (bicyclic) bond motifs is 2. The molecule has 1 fully saturated rings. The number of benzene rings is 2. The summed E-state index contributed by atoms with van der Waals surface area (Å²) in [4.78, 5) is 30.5. The Kier molecular flexibility index (Phi) is 6.02. The first-order valence-electron chi connectivity index (χ1n) is 12.5. The Morgan fingerprint density at radius 2 is 1.95 bits per heavy atom. The van der Waals surface area contributed by atoms with Crippen LogP contribution in [0.2, 0.25) is 10.0 Å². The number of rotatable bonds is 4. The average Bonchev–Trinajstić information content (AvgIpc) is 3.49. The van der Waals surface area contributed by atoms with Crippen molar-refractivity contribution in [1.29, 1.82) is 0 Å². The van der Waals surface area contributed by atoms with Gasteiger partial charge in [0.25, 0.3) is 0 Å². The molecule has 3 heterocycles. The van der Waals surface area contributed by atoms with Crippen LogP contribution >= 0.6 is 34.5 Å². The topological polar surface area (TPSA) is 75.4 Å². The van der Waals surface area contributed by atoms with Crippen molar-refractivity contribution in [1.82, 2.24) is 9.78 Å². The number of thiophene rings is 1. The summed E-state index contributed by atoms with van der Waals surface area (Å²) >= 11 is 14.4. The van der Waals surface area contributed by atoms with Crippen molar-refractivity contribution in [3.8, 4) is 16.3 Å². The van der Waals surface area contributed by atoms with E-state index in [1.165, 1.54) is 11.0 Å². The van der Waals surface area contributed by atoms with E-state index in [9.17, 15) is 14.7 Å². The largest absolute Gasteiger partial charge is 0.508 e. The zero-order valence-corrected chi connectivity index (χ0v) is 23.9. The molecule has 6 rings (SSSR count). The summed E-state index contributed by atoms with van der Waals surface area (Å²) in [6.45, 7) is 7.82. The SMILES string of the molecule is C=CC1=CC[C@H]2C(=O)N(c3cc(-c4sc5ccc(Cl)cc5c4C)nn3C)C(=O)[C@@]2(C)[C@H]1c1ccc(O)cc1Cl. The van der Waals surface area contributed by atoms with Gasteiger partial charge in [0.2, 0.25) is 11.8 Å². The predicted octanol–water partition coefficient (Wildman–Crippen LogP) is 7.42. The molecule has 6 nitrogen and oxygen atoms in total. The van der Waals surface area contributed by atoms with Crippen LogP contribution < -0.4 is 4.90 Å². The normalized spacial score (nSPS) is 22.9. The second-order valence-electron chi connectivity index (χ2n) is 10.3. The molecule has 2 aromatic carbocycles. The number of anilines is 1. The van der Waals surface area contributed by atoms with Gasteiger partial charge in [0, 0.05) is 33.8 Å². The Balaban J connectivity index is 1.45. The van der Waals surface area contributed by atoms with Crippen molar-refractivity contribution in [3.63, 3.8) is 0 Å². The van der Waals surface area contributed by atoms with Crippen LogP contribution in [0.15, 0.2) is 66.8 Å². The molecule has 1 saturated heterocycles. The van der Waals surface area contributed by atoms with E-state index in [4.69, 9.17) is 28.3 Å². The molecule has 1 aliphatic heterocycles. The maximum absolute atomic E-state index is 14.3. The average molecular weight is 579 g/mol. The van der Waals surface area contributed by atoms with Crippen molar-refractivity contribution in [2.24, 2.45) is 18.4 Å². The van der Waals surface area contributed by atoms with Crippen molar-refractivity contribution >= 4 is 62.3 Å². The molecule has 2 aliphatic rings. The molecule has 0 spiro atoms. The van der Waals surface area contributed by atoms with Gasteiger partial charge >= 0.3 is 0 Å². The molecule has 9 heteroatoms. The summed E-state index contributed by atoms with van der Waals surface area (Å²) in [5.41, 5.74) is 2.12. The summed E-state index contributed by atoms with van der Waals surface area (Å²) < 4.78 is 2.68. The Bertz CT molecular complexity index is 1750. The third kappa shape index (κ3) is 3.71. The van der Waals surface area contributed by atoms with Gasteiger partial charge in [0.15, 0.2) is 0 Å². The number of carbonyl (C=O) groups excluding carboxylic acids is 2. The molecule has 0 saturated carbocycles. The lowest BCUT2D eigenvalue weighted by Crippen LogP contribution is -2.42. The maximum Gasteiger partial charge on any atom is 0.242 e. The summed E-state index contributed by atoms with van der Waals surface area (Å²) in [6.07, 6.45) is 4.09. The minimum atomic E-state index is -1.11. The van der Waals surface area contributed by atoms with Crippen LogP contribution in [0.4, 0.5) is 5.82 Å². The molecule has 2 amide bonds. The number of allylic oxidation sites excluding steroid dienone is 3. The maximum atomic E-state index is 14.3. The number of phenols is 1. The van der Waals surface area contributed by atoms with E-state index < -0.39 is 17.3 Å². The summed E-state index contributed by atoms with van der Waals surface area (Å²) in [7, 11) is 1.74. The number of aromatic nitrogens is 2. The predicted molar refractivity (Wildman–Crippen MR) is 157 cm³/mol. The van der Waals surface area contributed by atoms with E-state index in [0.29, 0.717) is 33.5 Å². The highest BCUT2D eigenvalue weighted by Gasteiger charge is 2.62. The molecule has 39 heavy (non-hydrogen) atoms. The van der Waals surface area contributed by atoms with Gasteiger partial charge in [-0.1, -0.05) is 48.0 Å². The van der Waals surface area contributed by atoms with Gasteiger partial charge in [-0.05, 0) is 72.7 Å². The first-order valence-corrected chi connectivity index (χ1v) is 14.1. The van der Waals surface area contributed by atoms with Crippen LogP contribution in [0.3, 0.4) is 0 Å². The van der Waals surface area contributed by atoms with Gasteiger partial charge in [0.1, 0.15) is 17.3 Å². The fourth-order valence-electron chi connectivity index (χ4n) is 6.18. The minimum Gasteiger partial charge on any atom is -0.508 e. The van der Waals surface area contributed by atoms with E-state index in [2.05, 4.69) is 6.58 Å². The number of aromatic hydroxyl groups is 1. The van der Waals surface area contributed by atoms with E-state index >= 15 is 0 Å². The number of hydrogen-bond donors (Lipinski definition) is 1. The number of aryl methyl sites for hydroxylation is 2. The Morgan fingerprint density at radius 1 is 1.18 bits per heavy atom. The van der Waals surface area contributed by atoms with Gasteiger partial charge in [-0.3, -0.25) is 14.3 Å². The molecule has 4 aromatic rings. The van der Waals surface area contributed by atoms with Crippen LogP contribution in [0.5, 0.6) is 5.75 Å². The molecule has 3 atom stereocenters. The molecule has 0 bridgehead atoms. The van der Waals surface area contributed by atoms with Gasteiger partial charge < -0.3 is 5.11 Å². The highest BCUT2D eigenvalue weighted by Crippen LogP contribution is 2.58. The lowest BCUT2D eigenvalue weighted by atomic mass is 9.60. The zero-order chi connectivity index (χ0) is 27.8. The molecule has 0 radical (unpaired) electrons. The fourth-order valence-corrected chi connectivity index (χ4v) is 7.78. The molecule has 198 valence electrons. The smallest absolute Gasteiger partial charge is 0.242 e. The monoisotopic (exact) mass is 577 g/mol. The number of amides is 2. The van der Waals surface area contributed by atoms with Gasteiger partial charge in [0.05, 0.1) is 16.2 Å². The lowest BCUT2D eigenvalue weighted by Gasteiger charge is -2.40. The Morgan fingerprint density at radius 3 is 2.67 bits per heavy atom. The first kappa shape index (κ1) is 25.9. The second kappa shape index (κ2) is 9.08. The van der Waals surface area contributed by atoms with E-state index in [0.717, 1.165) is 26.1 Å². The summed E-state index contributed by atoms with van der Waals surface area (Å²) in [6, 6.07) is 12.3. The molecule has 1 aliphatic carbocycles. The molecular weight excluding hydrogens is 553 g/mol. The van der Waals surface area contributed by atoms with Crippen LogP contribution in [0, 0.1) is 18.3 Å². The number of nitrogens with zero attached hydrogens (tertiary/aromatic N) is 3. The molecule has 1 N–H and O–H groups in total. The Hall–Kier alpha value is -3.39. The fraction of sp³-hybridized carbons (Fsp3) is 0.233. The highest BCUT2D eigenvalue weighted by atomic mass is 35.5. The standard InChI is InChI=1S/C30H25Cl2N3O3S/c1-5-16-6-10-21-28(37)35(29(38)30(21,3)26(16)19-9-8-18(36)13-22(19)32)25-14-23(33-34(25)4)27-15(2)20-12-17(31)7-11-24(20)39-27/h5-9,11-14,21,26,36H,1,10H2,2-4H3/t21-,26+,30+/m0/s1. The van der Waals surface area contributed by atoms with Crippen LogP contribution in [0.1, 0.15) is 30.4 Å². The second-order valence-corrected chi connectivity index (χ2v) is 12.2. The molecule has 0 unspecified atom stereocenters. The summed E-state index contributed by atoms with van der Waals surface area (Å²) in [5.74, 6) is -1.23. The third-order valence-corrected chi connectivity index (χ3v) is 10.0. The number of imide groups is 1. The number of carbonyl (C=O) groups is 2. The van der Waals surface area contributed by atoms with Crippen LogP contribution in [-0.2, 0) is 16.6 Å².